The molecular formula is C17H16ClF2NOS. The largest absolute Gasteiger partial charge is 0.349 e. The Morgan fingerprint density at radius 1 is 1.22 bits per heavy atom. The van der Waals surface area contributed by atoms with Crippen molar-refractivity contribution < 1.29 is 13.6 Å². The fraction of sp³-hybridized carbons (Fsp3) is 0.235. The molecule has 2 aromatic carbocycles. The lowest BCUT2D eigenvalue weighted by Crippen LogP contribution is -2.29. The second-order valence-electron chi connectivity index (χ2n) is 4.95. The first-order chi connectivity index (χ1) is 11.0. The molecular weight excluding hydrogens is 340 g/mol. The molecule has 122 valence electrons. The first kappa shape index (κ1) is 17.8. The average molecular weight is 356 g/mol. The van der Waals surface area contributed by atoms with Gasteiger partial charge in [0.15, 0.2) is 11.6 Å². The first-order valence-corrected chi connectivity index (χ1v) is 8.48. The van der Waals surface area contributed by atoms with Crippen molar-refractivity contribution in [2.45, 2.75) is 24.3 Å². The molecule has 0 fully saturated rings. The molecule has 1 N–H and O–H groups in total. The van der Waals surface area contributed by atoms with Crippen molar-refractivity contribution in [2.24, 2.45) is 0 Å². The highest BCUT2D eigenvalue weighted by atomic mass is 35.5. The minimum Gasteiger partial charge on any atom is -0.349 e. The molecule has 2 nitrogen and oxygen atoms in total. The summed E-state index contributed by atoms with van der Waals surface area (Å²) >= 11 is 7.13. The van der Waals surface area contributed by atoms with E-state index in [9.17, 15) is 13.6 Å². The monoisotopic (exact) mass is 355 g/mol. The van der Waals surface area contributed by atoms with E-state index in [2.05, 4.69) is 5.32 Å². The molecule has 1 amide bonds. The molecule has 0 aromatic heterocycles. The van der Waals surface area contributed by atoms with E-state index in [1.54, 1.807) is 6.07 Å². The molecule has 2 aromatic rings. The highest BCUT2D eigenvalue weighted by molar-refractivity contribution is 8.00. The zero-order valence-electron chi connectivity index (χ0n) is 12.5. The number of rotatable bonds is 6. The Kier molecular flexibility index (Phi) is 6.42. The Hall–Kier alpha value is -1.59. The molecule has 0 aliphatic heterocycles. The van der Waals surface area contributed by atoms with Crippen LogP contribution in [0.1, 0.15) is 24.9 Å². The number of carbonyl (C=O) groups is 1. The summed E-state index contributed by atoms with van der Waals surface area (Å²) in [6.45, 7) is 1.97. The molecule has 6 heteroatoms. The zero-order chi connectivity index (χ0) is 16.8. The van der Waals surface area contributed by atoms with Gasteiger partial charge in [-0.15, -0.1) is 11.8 Å². The van der Waals surface area contributed by atoms with Crippen LogP contribution >= 0.6 is 23.4 Å². The average Bonchev–Trinajstić information content (AvgIpc) is 2.53. The normalized spacial score (nSPS) is 12.0. The molecule has 2 rings (SSSR count). The summed E-state index contributed by atoms with van der Waals surface area (Å²) in [5.41, 5.74) is 0.936. The summed E-state index contributed by atoms with van der Waals surface area (Å²) in [4.78, 5) is 12.6. The van der Waals surface area contributed by atoms with E-state index in [-0.39, 0.29) is 17.7 Å². The van der Waals surface area contributed by atoms with Crippen LogP contribution in [0.2, 0.25) is 5.02 Å². The number of hydrogen-bond acceptors (Lipinski definition) is 2. The number of benzene rings is 2. The summed E-state index contributed by atoms with van der Waals surface area (Å²) in [5.74, 6) is -1.86. The predicted octanol–water partition coefficient (Wildman–Crippen LogP) is 4.98. The van der Waals surface area contributed by atoms with Gasteiger partial charge in [0.1, 0.15) is 0 Å². The van der Waals surface area contributed by atoms with Gasteiger partial charge in [-0.25, -0.2) is 8.78 Å². The minimum atomic E-state index is -0.916. The van der Waals surface area contributed by atoms with Crippen LogP contribution < -0.4 is 5.32 Å². The first-order valence-electron chi connectivity index (χ1n) is 7.12. The Morgan fingerprint density at radius 2 is 2.00 bits per heavy atom. The predicted molar refractivity (Wildman–Crippen MR) is 89.7 cm³/mol. The van der Waals surface area contributed by atoms with Crippen LogP contribution in [0.25, 0.3) is 0 Å². The van der Waals surface area contributed by atoms with Crippen molar-refractivity contribution in [3.63, 3.8) is 0 Å². The maximum Gasteiger partial charge on any atom is 0.230 e. The highest BCUT2D eigenvalue weighted by Crippen LogP contribution is 2.22. The van der Waals surface area contributed by atoms with Crippen LogP contribution in [-0.4, -0.2) is 11.7 Å². The van der Waals surface area contributed by atoms with E-state index in [0.717, 1.165) is 35.9 Å². The van der Waals surface area contributed by atoms with Crippen LogP contribution in [0.3, 0.4) is 0 Å². The Balaban J connectivity index is 1.93. The Bertz CT molecular complexity index is 696. The summed E-state index contributed by atoms with van der Waals surface area (Å²) in [6.07, 6.45) is 0.724. The number of amides is 1. The molecule has 0 saturated carbocycles. The van der Waals surface area contributed by atoms with Crippen LogP contribution in [0.15, 0.2) is 47.4 Å². The SMILES string of the molecule is CCC(NC(=O)CSc1ccc(F)c(F)c1)c1cccc(Cl)c1. The van der Waals surface area contributed by atoms with Crippen molar-refractivity contribution in [1.82, 2.24) is 5.32 Å². The highest BCUT2D eigenvalue weighted by Gasteiger charge is 2.13. The van der Waals surface area contributed by atoms with Crippen molar-refractivity contribution in [3.8, 4) is 0 Å². The van der Waals surface area contributed by atoms with Gasteiger partial charge in [0.05, 0.1) is 11.8 Å². The smallest absolute Gasteiger partial charge is 0.230 e. The van der Waals surface area contributed by atoms with Gasteiger partial charge in [-0.3, -0.25) is 4.79 Å². The number of carbonyl (C=O) groups excluding carboxylic acids is 1. The summed E-state index contributed by atoms with van der Waals surface area (Å²) in [6, 6.07) is 10.8. The standard InChI is InChI=1S/C17H16ClF2NOS/c1-2-16(11-4-3-5-12(18)8-11)21-17(22)10-23-13-6-7-14(19)15(20)9-13/h3-9,16H,2,10H2,1H3,(H,21,22). The number of nitrogens with one attached hydrogen (secondary N) is 1. The topological polar surface area (TPSA) is 29.1 Å². The van der Waals surface area contributed by atoms with E-state index in [0.29, 0.717) is 9.92 Å². The van der Waals surface area contributed by atoms with Gasteiger partial charge in [0, 0.05) is 9.92 Å². The third-order valence-corrected chi connectivity index (χ3v) is 4.48. The Morgan fingerprint density at radius 3 is 2.65 bits per heavy atom. The molecule has 0 aliphatic carbocycles. The lowest BCUT2D eigenvalue weighted by atomic mass is 10.0. The summed E-state index contributed by atoms with van der Waals surface area (Å²) < 4.78 is 26.0. The van der Waals surface area contributed by atoms with Crippen molar-refractivity contribution in [1.29, 1.82) is 0 Å². The zero-order valence-corrected chi connectivity index (χ0v) is 14.1. The fourth-order valence-electron chi connectivity index (χ4n) is 2.10. The molecule has 0 saturated heterocycles. The van der Waals surface area contributed by atoms with Crippen LogP contribution in [-0.2, 0) is 4.79 Å². The van der Waals surface area contributed by atoms with Crippen LogP contribution in [0, 0.1) is 11.6 Å². The maximum absolute atomic E-state index is 13.1. The lowest BCUT2D eigenvalue weighted by Gasteiger charge is -2.17. The molecule has 1 atom stereocenters. The maximum atomic E-state index is 13.1. The number of thioether (sulfide) groups is 1. The third kappa shape index (κ3) is 5.22. The molecule has 1 unspecified atom stereocenters. The summed E-state index contributed by atoms with van der Waals surface area (Å²) in [7, 11) is 0. The van der Waals surface area contributed by atoms with E-state index in [1.807, 2.05) is 25.1 Å². The quantitative estimate of drug-likeness (QED) is 0.740. The van der Waals surface area contributed by atoms with E-state index < -0.39 is 11.6 Å². The number of halogens is 3. The van der Waals surface area contributed by atoms with E-state index >= 15 is 0 Å². The van der Waals surface area contributed by atoms with Gasteiger partial charge in [-0.1, -0.05) is 30.7 Å². The van der Waals surface area contributed by atoms with Gasteiger partial charge in [-0.2, -0.15) is 0 Å². The van der Waals surface area contributed by atoms with Gasteiger partial charge in [-0.05, 0) is 42.3 Å². The van der Waals surface area contributed by atoms with Crippen molar-refractivity contribution >= 4 is 29.3 Å². The van der Waals surface area contributed by atoms with Gasteiger partial charge in [0.2, 0.25) is 5.91 Å². The minimum absolute atomic E-state index is 0.127. The third-order valence-electron chi connectivity index (χ3n) is 3.26. The molecule has 23 heavy (non-hydrogen) atoms. The molecule has 0 aliphatic rings. The second-order valence-corrected chi connectivity index (χ2v) is 6.43. The lowest BCUT2D eigenvalue weighted by molar-refractivity contribution is -0.119. The Labute approximate surface area is 143 Å². The van der Waals surface area contributed by atoms with Crippen molar-refractivity contribution in [3.05, 3.63) is 64.7 Å². The van der Waals surface area contributed by atoms with Crippen LogP contribution in [0.4, 0.5) is 8.78 Å². The molecule has 0 radical (unpaired) electrons. The second kappa shape index (κ2) is 8.31. The fourth-order valence-corrected chi connectivity index (χ4v) is 3.03. The molecule has 0 spiro atoms. The van der Waals surface area contributed by atoms with E-state index in [4.69, 9.17) is 11.6 Å². The van der Waals surface area contributed by atoms with Gasteiger partial charge in [0.25, 0.3) is 0 Å². The number of hydrogen-bond donors (Lipinski definition) is 1. The van der Waals surface area contributed by atoms with Gasteiger partial charge >= 0.3 is 0 Å². The van der Waals surface area contributed by atoms with Crippen molar-refractivity contribution in [2.75, 3.05) is 5.75 Å². The molecule has 0 bridgehead atoms. The summed E-state index contributed by atoms with van der Waals surface area (Å²) in [5, 5.41) is 3.54. The van der Waals surface area contributed by atoms with Crippen LogP contribution in [0.5, 0.6) is 0 Å². The van der Waals surface area contributed by atoms with Gasteiger partial charge < -0.3 is 5.32 Å². The molecule has 0 heterocycles. The van der Waals surface area contributed by atoms with E-state index in [1.165, 1.54) is 6.07 Å².